The van der Waals surface area contributed by atoms with Gasteiger partial charge in [-0.05, 0) is 54.2 Å². The largest absolute Gasteiger partial charge is 0.508 e. The second kappa shape index (κ2) is 5.17. The van der Waals surface area contributed by atoms with E-state index in [9.17, 15) is 10.2 Å². The summed E-state index contributed by atoms with van der Waals surface area (Å²) in [6.45, 7) is 3.71. The molecule has 2 N–H and O–H groups in total. The zero-order valence-corrected chi connectivity index (χ0v) is 13.5. The van der Waals surface area contributed by atoms with Crippen molar-refractivity contribution in [2.75, 3.05) is 13.7 Å². The SMILES string of the molecule is COc1c(O)ccc2c1CN1CCc3cc(C)c(O)cc3C1C2. The van der Waals surface area contributed by atoms with Crippen LogP contribution in [-0.2, 0) is 19.4 Å². The number of hydrogen-bond acceptors (Lipinski definition) is 4. The Hall–Kier alpha value is -2.20. The zero-order valence-electron chi connectivity index (χ0n) is 13.5. The molecular formula is C19H21NO3. The highest BCUT2D eigenvalue weighted by molar-refractivity contribution is 5.53. The molecule has 2 heterocycles. The summed E-state index contributed by atoms with van der Waals surface area (Å²) in [7, 11) is 1.60. The van der Waals surface area contributed by atoms with E-state index in [0.717, 1.165) is 37.1 Å². The maximum atomic E-state index is 10.1. The third kappa shape index (κ3) is 2.17. The fourth-order valence-electron chi connectivity index (χ4n) is 4.00. The molecule has 2 aromatic rings. The quantitative estimate of drug-likeness (QED) is 0.850. The average Bonchev–Trinajstić information content (AvgIpc) is 2.54. The minimum Gasteiger partial charge on any atom is -0.508 e. The molecule has 1 atom stereocenters. The van der Waals surface area contributed by atoms with Crippen molar-refractivity contribution in [1.29, 1.82) is 0 Å². The van der Waals surface area contributed by atoms with Crippen molar-refractivity contribution in [3.8, 4) is 17.2 Å². The summed E-state index contributed by atoms with van der Waals surface area (Å²) in [6.07, 6.45) is 1.87. The minimum atomic E-state index is 0.204. The maximum absolute atomic E-state index is 10.1. The van der Waals surface area contributed by atoms with Gasteiger partial charge in [-0.25, -0.2) is 0 Å². The molecular weight excluding hydrogens is 290 g/mol. The molecule has 0 bridgehead atoms. The maximum Gasteiger partial charge on any atom is 0.165 e. The smallest absolute Gasteiger partial charge is 0.165 e. The molecule has 120 valence electrons. The fraction of sp³-hybridized carbons (Fsp3) is 0.368. The van der Waals surface area contributed by atoms with Gasteiger partial charge in [-0.2, -0.15) is 0 Å². The van der Waals surface area contributed by atoms with Crippen molar-refractivity contribution in [3.63, 3.8) is 0 Å². The van der Waals surface area contributed by atoms with E-state index in [-0.39, 0.29) is 11.8 Å². The van der Waals surface area contributed by atoms with Crippen LogP contribution in [0.15, 0.2) is 24.3 Å². The van der Waals surface area contributed by atoms with Crippen LogP contribution >= 0.6 is 0 Å². The standard InChI is InChI=1S/C19H21NO3/c1-11-7-13-5-6-20-10-15-12(3-4-17(21)19(15)23-2)8-16(20)14(13)9-18(11)22/h3-4,7,9,16,21-22H,5-6,8,10H2,1-2H3. The Kier molecular flexibility index (Phi) is 3.23. The average molecular weight is 311 g/mol. The third-order valence-electron chi connectivity index (χ3n) is 5.24. The van der Waals surface area contributed by atoms with E-state index in [1.165, 1.54) is 16.7 Å². The van der Waals surface area contributed by atoms with Gasteiger partial charge < -0.3 is 14.9 Å². The van der Waals surface area contributed by atoms with Crippen LogP contribution in [0, 0.1) is 6.92 Å². The molecule has 0 fully saturated rings. The fourth-order valence-corrected chi connectivity index (χ4v) is 4.00. The molecule has 2 aromatic carbocycles. The number of methoxy groups -OCH3 is 1. The normalized spacial score (nSPS) is 19.7. The molecule has 4 rings (SSSR count). The minimum absolute atomic E-state index is 0.204. The number of nitrogens with zero attached hydrogens (tertiary/aromatic N) is 1. The van der Waals surface area contributed by atoms with E-state index >= 15 is 0 Å². The van der Waals surface area contributed by atoms with Gasteiger partial charge in [-0.1, -0.05) is 12.1 Å². The molecule has 2 aliphatic rings. The number of phenolic OH excluding ortho intramolecular Hbond substituents is 2. The van der Waals surface area contributed by atoms with Gasteiger partial charge in [0.15, 0.2) is 11.5 Å². The summed E-state index contributed by atoms with van der Waals surface area (Å²) >= 11 is 0. The summed E-state index contributed by atoms with van der Waals surface area (Å²) in [4.78, 5) is 2.42. The highest BCUT2D eigenvalue weighted by Crippen LogP contribution is 2.44. The lowest BCUT2D eigenvalue weighted by molar-refractivity contribution is 0.157. The molecule has 0 radical (unpaired) electrons. The molecule has 4 nitrogen and oxygen atoms in total. The van der Waals surface area contributed by atoms with Gasteiger partial charge in [0.1, 0.15) is 5.75 Å². The van der Waals surface area contributed by atoms with E-state index in [1.54, 1.807) is 13.2 Å². The van der Waals surface area contributed by atoms with Crippen LogP contribution in [0.5, 0.6) is 17.2 Å². The number of benzene rings is 2. The number of hydrogen-bond donors (Lipinski definition) is 2. The summed E-state index contributed by atoms with van der Waals surface area (Å²) in [5.74, 6) is 1.17. The first-order chi connectivity index (χ1) is 11.1. The van der Waals surface area contributed by atoms with Gasteiger partial charge in [-0.15, -0.1) is 0 Å². The van der Waals surface area contributed by atoms with Crippen molar-refractivity contribution < 1.29 is 14.9 Å². The Morgan fingerprint density at radius 1 is 1.13 bits per heavy atom. The first kappa shape index (κ1) is 14.4. The second-order valence-electron chi connectivity index (χ2n) is 6.53. The molecule has 0 aromatic heterocycles. The number of aromatic hydroxyl groups is 2. The van der Waals surface area contributed by atoms with Crippen LogP contribution in [0.3, 0.4) is 0 Å². The molecule has 0 saturated heterocycles. The van der Waals surface area contributed by atoms with E-state index in [2.05, 4.69) is 11.0 Å². The Balaban J connectivity index is 1.79. The Morgan fingerprint density at radius 3 is 2.74 bits per heavy atom. The number of fused-ring (bicyclic) bond motifs is 4. The molecule has 2 aliphatic heterocycles. The summed E-state index contributed by atoms with van der Waals surface area (Å²) < 4.78 is 5.41. The van der Waals surface area contributed by atoms with Crippen LogP contribution in [0.4, 0.5) is 0 Å². The Bertz CT molecular complexity index is 785. The molecule has 0 saturated carbocycles. The molecule has 1 unspecified atom stereocenters. The highest BCUT2D eigenvalue weighted by atomic mass is 16.5. The first-order valence-electron chi connectivity index (χ1n) is 8.02. The van der Waals surface area contributed by atoms with Crippen LogP contribution in [0.1, 0.15) is 33.9 Å². The van der Waals surface area contributed by atoms with Gasteiger partial charge in [0.05, 0.1) is 7.11 Å². The van der Waals surface area contributed by atoms with Gasteiger partial charge in [0.25, 0.3) is 0 Å². The van der Waals surface area contributed by atoms with E-state index < -0.39 is 0 Å². The first-order valence-corrected chi connectivity index (χ1v) is 8.02. The monoisotopic (exact) mass is 311 g/mol. The number of rotatable bonds is 1. The van der Waals surface area contributed by atoms with Crippen LogP contribution in [-0.4, -0.2) is 28.8 Å². The summed E-state index contributed by atoms with van der Waals surface area (Å²) in [5.41, 5.74) is 5.82. The second-order valence-corrected chi connectivity index (χ2v) is 6.53. The lowest BCUT2D eigenvalue weighted by Gasteiger charge is -2.42. The number of ether oxygens (including phenoxy) is 1. The van der Waals surface area contributed by atoms with Crippen molar-refractivity contribution >= 4 is 0 Å². The van der Waals surface area contributed by atoms with E-state index in [0.29, 0.717) is 11.5 Å². The summed E-state index contributed by atoms with van der Waals surface area (Å²) in [5, 5.41) is 20.1. The predicted molar refractivity (Wildman–Crippen MR) is 88.1 cm³/mol. The van der Waals surface area contributed by atoms with Crippen LogP contribution in [0.2, 0.25) is 0 Å². The van der Waals surface area contributed by atoms with Crippen LogP contribution in [0.25, 0.3) is 0 Å². The van der Waals surface area contributed by atoms with Crippen LogP contribution < -0.4 is 4.74 Å². The van der Waals surface area contributed by atoms with Crippen molar-refractivity contribution in [3.05, 3.63) is 52.1 Å². The van der Waals surface area contributed by atoms with Crippen molar-refractivity contribution in [2.24, 2.45) is 0 Å². The molecule has 4 heteroatoms. The van der Waals surface area contributed by atoms with Crippen molar-refractivity contribution in [1.82, 2.24) is 4.90 Å². The van der Waals surface area contributed by atoms with Gasteiger partial charge >= 0.3 is 0 Å². The van der Waals surface area contributed by atoms with Gasteiger partial charge in [0.2, 0.25) is 0 Å². The number of aryl methyl sites for hydroxylation is 1. The zero-order chi connectivity index (χ0) is 16.1. The summed E-state index contributed by atoms with van der Waals surface area (Å²) in [6, 6.07) is 8.04. The van der Waals surface area contributed by atoms with Crippen molar-refractivity contribution in [2.45, 2.75) is 32.4 Å². The molecule has 0 aliphatic carbocycles. The Labute approximate surface area is 135 Å². The lowest BCUT2D eigenvalue weighted by atomic mass is 9.83. The van der Waals surface area contributed by atoms with E-state index in [4.69, 9.17) is 4.74 Å². The molecule has 23 heavy (non-hydrogen) atoms. The molecule has 0 spiro atoms. The highest BCUT2D eigenvalue weighted by Gasteiger charge is 2.34. The van der Waals surface area contributed by atoms with Gasteiger partial charge in [-0.3, -0.25) is 4.90 Å². The Morgan fingerprint density at radius 2 is 1.96 bits per heavy atom. The predicted octanol–water partition coefficient (Wildman–Crippen LogP) is 3.07. The topological polar surface area (TPSA) is 52.9 Å². The molecule has 0 amide bonds. The van der Waals surface area contributed by atoms with E-state index in [1.807, 2.05) is 19.1 Å². The number of phenols is 2. The lowest BCUT2D eigenvalue weighted by Crippen LogP contribution is -2.39. The third-order valence-corrected chi connectivity index (χ3v) is 5.24. The van der Waals surface area contributed by atoms with Gasteiger partial charge in [0, 0.05) is 24.7 Å².